The first-order valence-electron chi connectivity index (χ1n) is 7.09. The molecule has 110 valence electrons. The Hall–Kier alpha value is -1.10. The molecule has 0 aliphatic carbocycles. The predicted molar refractivity (Wildman–Crippen MR) is 73.5 cm³/mol. The highest BCUT2D eigenvalue weighted by Gasteiger charge is 2.39. The van der Waals surface area contributed by atoms with Crippen LogP contribution < -0.4 is 5.73 Å². The van der Waals surface area contributed by atoms with Crippen molar-refractivity contribution in [2.75, 3.05) is 13.1 Å². The Morgan fingerprint density at radius 1 is 1.42 bits per heavy atom. The summed E-state index contributed by atoms with van der Waals surface area (Å²) in [6, 6.07) is -0.662. The molecule has 0 bridgehead atoms. The summed E-state index contributed by atoms with van der Waals surface area (Å²) >= 11 is 0. The Labute approximate surface area is 115 Å². The van der Waals surface area contributed by atoms with E-state index in [9.17, 15) is 14.7 Å². The first-order valence-corrected chi connectivity index (χ1v) is 7.09. The zero-order valence-corrected chi connectivity index (χ0v) is 12.1. The van der Waals surface area contributed by atoms with Crippen LogP contribution >= 0.6 is 0 Å². The Kier molecular flexibility index (Phi) is 5.79. The van der Waals surface area contributed by atoms with Crippen LogP contribution in [0.4, 0.5) is 0 Å². The smallest absolute Gasteiger partial charge is 0.326 e. The molecule has 1 aliphatic heterocycles. The molecule has 0 saturated carbocycles. The fourth-order valence-electron chi connectivity index (χ4n) is 2.90. The minimum Gasteiger partial charge on any atom is -0.480 e. The number of carboxylic acids is 1. The van der Waals surface area contributed by atoms with Gasteiger partial charge in [0, 0.05) is 13.0 Å². The molecule has 1 aliphatic rings. The van der Waals surface area contributed by atoms with Gasteiger partial charge in [0.2, 0.25) is 5.91 Å². The minimum absolute atomic E-state index is 0.0304. The zero-order valence-electron chi connectivity index (χ0n) is 12.1. The Morgan fingerprint density at radius 3 is 2.53 bits per heavy atom. The van der Waals surface area contributed by atoms with E-state index in [0.29, 0.717) is 25.4 Å². The van der Waals surface area contributed by atoms with Crippen LogP contribution in [0.25, 0.3) is 0 Å². The molecule has 0 spiro atoms. The normalized spacial score (nSPS) is 24.8. The van der Waals surface area contributed by atoms with E-state index in [4.69, 9.17) is 5.73 Å². The molecule has 1 saturated heterocycles. The molecule has 19 heavy (non-hydrogen) atoms. The largest absolute Gasteiger partial charge is 0.480 e. The van der Waals surface area contributed by atoms with E-state index in [1.165, 1.54) is 4.90 Å². The predicted octanol–water partition coefficient (Wildman–Crippen LogP) is 1.32. The Morgan fingerprint density at radius 2 is 2.05 bits per heavy atom. The number of rotatable bonds is 6. The first-order chi connectivity index (χ1) is 8.86. The molecule has 5 nitrogen and oxygen atoms in total. The van der Waals surface area contributed by atoms with Crippen molar-refractivity contribution in [1.29, 1.82) is 0 Å². The fourth-order valence-corrected chi connectivity index (χ4v) is 2.90. The van der Waals surface area contributed by atoms with Crippen LogP contribution in [0.3, 0.4) is 0 Å². The van der Waals surface area contributed by atoms with Crippen LogP contribution in [0, 0.1) is 17.8 Å². The summed E-state index contributed by atoms with van der Waals surface area (Å²) < 4.78 is 0. The van der Waals surface area contributed by atoms with Crippen LogP contribution in [0.5, 0.6) is 0 Å². The molecule has 0 radical (unpaired) electrons. The van der Waals surface area contributed by atoms with Gasteiger partial charge < -0.3 is 15.7 Å². The molecule has 3 unspecified atom stereocenters. The number of carbonyl (C=O) groups excluding carboxylic acids is 1. The number of likely N-dealkylation sites (tertiary alicyclic amines) is 1. The van der Waals surface area contributed by atoms with Crippen molar-refractivity contribution in [2.45, 2.75) is 46.1 Å². The second kappa shape index (κ2) is 6.89. The molecule has 1 heterocycles. The average Bonchev–Trinajstić information content (AvgIpc) is 2.69. The van der Waals surface area contributed by atoms with E-state index in [1.807, 2.05) is 6.92 Å². The lowest BCUT2D eigenvalue weighted by Crippen LogP contribution is -2.43. The van der Waals surface area contributed by atoms with Crippen LogP contribution in [0.1, 0.15) is 40.0 Å². The molecular weight excluding hydrogens is 244 g/mol. The summed E-state index contributed by atoms with van der Waals surface area (Å²) in [6.45, 7) is 7.12. The van der Waals surface area contributed by atoms with Crippen LogP contribution in [-0.4, -0.2) is 41.0 Å². The molecule has 1 amide bonds. The number of amides is 1. The van der Waals surface area contributed by atoms with Crippen molar-refractivity contribution >= 4 is 11.9 Å². The van der Waals surface area contributed by atoms with Crippen molar-refractivity contribution in [2.24, 2.45) is 23.5 Å². The minimum atomic E-state index is -0.897. The number of nitrogens with zero attached hydrogens (tertiary/aromatic N) is 1. The topological polar surface area (TPSA) is 83.6 Å². The molecule has 3 atom stereocenters. The number of aliphatic carboxylic acids is 1. The lowest BCUT2D eigenvalue weighted by Gasteiger charge is -2.26. The van der Waals surface area contributed by atoms with Gasteiger partial charge in [-0.3, -0.25) is 4.79 Å². The second-order valence-electron chi connectivity index (χ2n) is 6.07. The fraction of sp³-hybridized carbons (Fsp3) is 0.857. The van der Waals surface area contributed by atoms with Gasteiger partial charge in [-0.05, 0) is 37.1 Å². The highest BCUT2D eigenvalue weighted by molar-refractivity contribution is 5.84. The quantitative estimate of drug-likeness (QED) is 0.762. The maximum atomic E-state index is 12.3. The highest BCUT2D eigenvalue weighted by atomic mass is 16.4. The van der Waals surface area contributed by atoms with Crippen LogP contribution in [-0.2, 0) is 9.59 Å². The van der Waals surface area contributed by atoms with E-state index in [1.54, 1.807) is 0 Å². The maximum Gasteiger partial charge on any atom is 0.326 e. The summed E-state index contributed by atoms with van der Waals surface area (Å²) in [5.74, 6) is -0.283. The van der Waals surface area contributed by atoms with Crippen molar-refractivity contribution in [3.8, 4) is 0 Å². The zero-order chi connectivity index (χ0) is 14.6. The van der Waals surface area contributed by atoms with Crippen molar-refractivity contribution in [3.63, 3.8) is 0 Å². The first kappa shape index (κ1) is 16.0. The van der Waals surface area contributed by atoms with Gasteiger partial charge in [-0.1, -0.05) is 20.8 Å². The molecule has 0 aromatic carbocycles. The number of carbonyl (C=O) groups is 2. The third kappa shape index (κ3) is 4.20. The monoisotopic (exact) mass is 270 g/mol. The molecule has 3 N–H and O–H groups in total. The number of carboxylic acid groups (broad SMARTS) is 1. The molecule has 0 aromatic heterocycles. The lowest BCUT2D eigenvalue weighted by molar-refractivity contribution is -0.149. The van der Waals surface area contributed by atoms with Crippen molar-refractivity contribution < 1.29 is 14.7 Å². The summed E-state index contributed by atoms with van der Waals surface area (Å²) in [7, 11) is 0. The van der Waals surface area contributed by atoms with E-state index in [0.717, 1.165) is 12.8 Å². The molecule has 1 rings (SSSR count). The summed E-state index contributed by atoms with van der Waals surface area (Å²) in [6.07, 6.45) is 2.04. The van der Waals surface area contributed by atoms with Gasteiger partial charge >= 0.3 is 5.97 Å². The molecular formula is C14H26N2O3. The van der Waals surface area contributed by atoms with Gasteiger partial charge in [0.05, 0.1) is 0 Å². The van der Waals surface area contributed by atoms with Gasteiger partial charge in [-0.15, -0.1) is 0 Å². The van der Waals surface area contributed by atoms with Gasteiger partial charge in [-0.2, -0.15) is 0 Å². The highest BCUT2D eigenvalue weighted by Crippen LogP contribution is 2.26. The third-order valence-corrected chi connectivity index (χ3v) is 3.87. The standard InChI is InChI=1S/C14H26N2O3/c1-9(2)6-11(8-15)7-12(17)16-5-4-10(3)13(16)14(18)19/h9-11,13H,4-8,15H2,1-3H3,(H,18,19). The molecule has 5 heteroatoms. The van der Waals surface area contributed by atoms with Crippen molar-refractivity contribution in [1.82, 2.24) is 4.90 Å². The van der Waals surface area contributed by atoms with E-state index < -0.39 is 12.0 Å². The number of hydrogen-bond acceptors (Lipinski definition) is 3. The summed E-state index contributed by atoms with van der Waals surface area (Å²) in [5.41, 5.74) is 5.70. The molecule has 1 fully saturated rings. The van der Waals surface area contributed by atoms with Gasteiger partial charge in [0.1, 0.15) is 6.04 Å². The molecule has 0 aromatic rings. The SMILES string of the molecule is CC(C)CC(CN)CC(=O)N1CCC(C)C1C(=O)O. The van der Waals surface area contributed by atoms with Gasteiger partial charge in [-0.25, -0.2) is 4.79 Å². The summed E-state index contributed by atoms with van der Waals surface area (Å²) in [4.78, 5) is 25.0. The Bertz CT molecular complexity index is 331. The van der Waals surface area contributed by atoms with Crippen LogP contribution in [0.2, 0.25) is 0 Å². The van der Waals surface area contributed by atoms with E-state index >= 15 is 0 Å². The number of nitrogens with two attached hydrogens (primary N) is 1. The van der Waals surface area contributed by atoms with E-state index in [-0.39, 0.29) is 17.7 Å². The third-order valence-electron chi connectivity index (χ3n) is 3.87. The number of hydrogen-bond donors (Lipinski definition) is 2. The lowest BCUT2D eigenvalue weighted by atomic mass is 9.93. The maximum absolute atomic E-state index is 12.3. The van der Waals surface area contributed by atoms with Crippen LogP contribution in [0.15, 0.2) is 0 Å². The van der Waals surface area contributed by atoms with E-state index in [2.05, 4.69) is 13.8 Å². The van der Waals surface area contributed by atoms with Gasteiger partial charge in [0.25, 0.3) is 0 Å². The van der Waals surface area contributed by atoms with Crippen molar-refractivity contribution in [3.05, 3.63) is 0 Å². The summed E-state index contributed by atoms with van der Waals surface area (Å²) in [5, 5.41) is 9.22. The van der Waals surface area contributed by atoms with Gasteiger partial charge in [0.15, 0.2) is 0 Å². The second-order valence-corrected chi connectivity index (χ2v) is 6.07. The Balaban J connectivity index is 2.64. The average molecular weight is 270 g/mol.